The predicted molar refractivity (Wildman–Crippen MR) is 332 cm³/mol. The Morgan fingerprint density at radius 2 is 0.693 bits per heavy atom. The maximum absolute atomic E-state index is 15.1. The number of cyclic esters (lactones) is 4. The molecule has 2 aromatic heterocycles. The summed E-state index contributed by atoms with van der Waals surface area (Å²) in [6.07, 6.45) is 2.39. The SMILES string of the molecule is CCC#Cc1cnn(Cc2ccc(C[C@H]3OC(=O)[C@H](CC(C)C)N(C)C(=O)[C@@H](C)OC(=O)[C@H](CC(C)C)N(C)C(=O)[C@@H](Cc4ccc(Cn5cc(C#CCC)cn5)cc4)OC(=O)[C@H](CC(C)C)N(C)C(=O)[C@@H](C)OC(=O)[C@H](CC(C)C)N(C)C3=O)cc2)c1. The molecule has 0 unspecified atom stereocenters. The van der Waals surface area contributed by atoms with Crippen LogP contribution in [0.15, 0.2) is 73.3 Å². The van der Waals surface area contributed by atoms with E-state index in [1.165, 1.54) is 42.0 Å². The molecule has 476 valence electrons. The van der Waals surface area contributed by atoms with Crippen molar-refractivity contribution in [3.8, 4) is 23.7 Å². The minimum absolute atomic E-state index is 0.0725. The van der Waals surface area contributed by atoms with Gasteiger partial charge in [-0.1, -0.05) is 141 Å². The molecule has 20 heteroatoms. The third kappa shape index (κ3) is 20.4. The number of carbonyl (C=O) groups is 8. The third-order valence-electron chi connectivity index (χ3n) is 15.1. The van der Waals surface area contributed by atoms with Crippen LogP contribution in [0.5, 0.6) is 0 Å². The molecule has 1 fully saturated rings. The van der Waals surface area contributed by atoms with Crippen molar-refractivity contribution in [2.75, 3.05) is 28.2 Å². The van der Waals surface area contributed by atoms with E-state index in [0.29, 0.717) is 37.1 Å². The van der Waals surface area contributed by atoms with Gasteiger partial charge < -0.3 is 38.5 Å². The summed E-state index contributed by atoms with van der Waals surface area (Å²) in [6.45, 7) is 22.3. The standard InChI is InChI=1S/C68H92N8O12/c1-17-19-21-53-37-69-75(41-53)39-51-27-23-49(24-28-51)35-59-63(79)73(15)55(31-43(3)4)65(81)85-48(12)62(78)72(14)58(34-46(9)10)68(84)88-60(36-50-25-29-52(30-26-50)40-76-42-54(38-70-76)22-20-18-2)64(80)74(16)56(32-44(5)6)66(82)86-47(11)61(77)71(13)57(33-45(7)8)67(83)87-59/h23-30,37-38,41-48,55-60H,17-18,31-36,39-40H2,1-16H3/t47-,48-,55+,56+,57+,58+,59-,60-/m1/s1. The summed E-state index contributed by atoms with van der Waals surface area (Å²) in [5.74, 6) is 4.69. The van der Waals surface area contributed by atoms with E-state index in [1.807, 2.05) is 106 Å². The van der Waals surface area contributed by atoms with E-state index in [1.54, 1.807) is 46.0 Å². The molecule has 0 spiro atoms. The van der Waals surface area contributed by atoms with Gasteiger partial charge in [-0.3, -0.25) is 28.5 Å². The molecule has 8 atom stereocenters. The Kier molecular flexibility index (Phi) is 26.6. The first-order valence-electron chi connectivity index (χ1n) is 30.7. The predicted octanol–water partition coefficient (Wildman–Crippen LogP) is 7.68. The zero-order valence-electron chi connectivity index (χ0n) is 54.4. The number of aromatic nitrogens is 4. The van der Waals surface area contributed by atoms with Crippen LogP contribution in [0.3, 0.4) is 0 Å². The van der Waals surface area contributed by atoms with Crippen molar-refractivity contribution in [3.05, 3.63) is 107 Å². The van der Waals surface area contributed by atoms with Gasteiger partial charge in [0.2, 0.25) is 0 Å². The van der Waals surface area contributed by atoms with Gasteiger partial charge in [0.15, 0.2) is 24.4 Å². The van der Waals surface area contributed by atoms with Crippen molar-refractivity contribution < 1.29 is 57.3 Å². The summed E-state index contributed by atoms with van der Waals surface area (Å²) in [6, 6.07) is 9.46. The van der Waals surface area contributed by atoms with Gasteiger partial charge >= 0.3 is 23.9 Å². The van der Waals surface area contributed by atoms with Crippen LogP contribution in [0.1, 0.15) is 155 Å². The average Bonchev–Trinajstić information content (AvgIpc) is 4.26. The molecule has 0 bridgehead atoms. The molecule has 4 amide bonds. The highest BCUT2D eigenvalue weighted by Gasteiger charge is 2.43. The monoisotopic (exact) mass is 1210 g/mol. The number of carbonyl (C=O) groups excluding carboxylic acids is 8. The van der Waals surface area contributed by atoms with Crippen molar-refractivity contribution in [3.63, 3.8) is 0 Å². The van der Waals surface area contributed by atoms with E-state index in [-0.39, 0.29) is 62.2 Å². The van der Waals surface area contributed by atoms with Crippen LogP contribution < -0.4 is 0 Å². The normalized spacial score (nSPS) is 21.9. The molecule has 4 aromatic rings. The fourth-order valence-electron chi connectivity index (χ4n) is 10.3. The highest BCUT2D eigenvalue weighted by atomic mass is 16.6. The van der Waals surface area contributed by atoms with Gasteiger partial charge in [-0.2, -0.15) is 10.2 Å². The minimum Gasteiger partial charge on any atom is -0.451 e. The van der Waals surface area contributed by atoms with Crippen LogP contribution in [-0.2, 0) is 83.2 Å². The molecule has 0 radical (unpaired) electrons. The molecular weight excluding hydrogens is 1120 g/mol. The van der Waals surface area contributed by atoms with Gasteiger partial charge in [0, 0.05) is 66.3 Å². The number of benzene rings is 2. The largest absolute Gasteiger partial charge is 0.451 e. The van der Waals surface area contributed by atoms with Crippen molar-refractivity contribution in [1.82, 2.24) is 39.2 Å². The number of hydrogen-bond donors (Lipinski definition) is 0. The lowest BCUT2D eigenvalue weighted by Gasteiger charge is -2.35. The Morgan fingerprint density at radius 1 is 0.420 bits per heavy atom. The molecule has 0 saturated carbocycles. The minimum atomic E-state index is -1.55. The summed E-state index contributed by atoms with van der Waals surface area (Å²) in [4.78, 5) is 123. The first-order chi connectivity index (χ1) is 41.6. The zero-order valence-corrected chi connectivity index (χ0v) is 54.4. The Labute approximate surface area is 520 Å². The quantitative estimate of drug-likeness (QED) is 0.0597. The third-order valence-corrected chi connectivity index (χ3v) is 15.1. The van der Waals surface area contributed by atoms with Gasteiger partial charge in [0.05, 0.1) is 36.6 Å². The Morgan fingerprint density at radius 3 is 0.977 bits per heavy atom. The number of hydrogen-bond acceptors (Lipinski definition) is 14. The summed E-state index contributed by atoms with van der Waals surface area (Å²) < 4.78 is 27.9. The van der Waals surface area contributed by atoms with Crippen molar-refractivity contribution in [1.29, 1.82) is 0 Å². The number of esters is 4. The Bertz CT molecular complexity index is 2930. The molecule has 2 aromatic carbocycles. The number of nitrogens with zero attached hydrogens (tertiary/aromatic N) is 8. The van der Waals surface area contributed by atoms with Crippen molar-refractivity contribution >= 4 is 47.5 Å². The van der Waals surface area contributed by atoms with Crippen LogP contribution in [0, 0.1) is 47.4 Å². The number of ether oxygens (including phenoxy) is 4. The second kappa shape index (κ2) is 33.2. The Balaban J connectivity index is 1.57. The fraction of sp³-hybridized carbons (Fsp3) is 0.559. The van der Waals surface area contributed by atoms with E-state index < -0.39 is 96.1 Å². The highest BCUT2D eigenvalue weighted by Crippen LogP contribution is 2.25. The van der Waals surface area contributed by atoms with E-state index in [2.05, 4.69) is 33.9 Å². The van der Waals surface area contributed by atoms with E-state index in [0.717, 1.165) is 41.9 Å². The maximum atomic E-state index is 15.1. The molecule has 5 rings (SSSR count). The lowest BCUT2D eigenvalue weighted by atomic mass is 9.99. The smallest absolute Gasteiger partial charge is 0.329 e. The topological polar surface area (TPSA) is 222 Å². The van der Waals surface area contributed by atoms with Crippen LogP contribution in [-0.4, -0.2) is 163 Å². The van der Waals surface area contributed by atoms with Gasteiger partial charge in [-0.15, -0.1) is 0 Å². The van der Waals surface area contributed by atoms with Crippen molar-refractivity contribution in [2.45, 2.75) is 196 Å². The lowest BCUT2D eigenvalue weighted by Crippen LogP contribution is -2.55. The summed E-state index contributed by atoms with van der Waals surface area (Å²) in [5.41, 5.74) is 4.54. The molecule has 88 heavy (non-hydrogen) atoms. The first kappa shape index (κ1) is 70.5. The number of amides is 4. The number of likely N-dealkylation sites (N-methyl/N-ethyl adjacent to an activating group) is 4. The Hall–Kier alpha value is -8.26. The molecule has 0 N–H and O–H groups in total. The molecule has 1 aliphatic rings. The van der Waals surface area contributed by atoms with Crippen LogP contribution >= 0.6 is 0 Å². The lowest BCUT2D eigenvalue weighted by molar-refractivity contribution is -0.176. The van der Waals surface area contributed by atoms with Gasteiger partial charge in [0.1, 0.15) is 24.2 Å². The molecule has 1 saturated heterocycles. The van der Waals surface area contributed by atoms with Crippen LogP contribution in [0.25, 0.3) is 0 Å². The zero-order chi connectivity index (χ0) is 65.1. The highest BCUT2D eigenvalue weighted by molar-refractivity contribution is 5.94. The fourth-order valence-corrected chi connectivity index (χ4v) is 10.3. The molecular formula is C68H92N8O12. The second-order valence-corrected chi connectivity index (χ2v) is 24.6. The van der Waals surface area contributed by atoms with Crippen LogP contribution in [0.4, 0.5) is 0 Å². The van der Waals surface area contributed by atoms with Gasteiger partial charge in [0.25, 0.3) is 23.6 Å². The molecule has 1 aliphatic heterocycles. The maximum Gasteiger partial charge on any atom is 0.329 e. The van der Waals surface area contributed by atoms with E-state index >= 15 is 9.59 Å². The second-order valence-electron chi connectivity index (χ2n) is 24.6. The van der Waals surface area contributed by atoms with E-state index in [9.17, 15) is 28.8 Å². The first-order valence-corrected chi connectivity index (χ1v) is 30.7. The summed E-state index contributed by atoms with van der Waals surface area (Å²) in [5, 5.41) is 8.86. The summed E-state index contributed by atoms with van der Waals surface area (Å²) in [7, 11) is 5.57. The summed E-state index contributed by atoms with van der Waals surface area (Å²) >= 11 is 0. The van der Waals surface area contributed by atoms with Crippen molar-refractivity contribution in [2.24, 2.45) is 23.7 Å². The molecule has 20 nitrogen and oxygen atoms in total. The van der Waals surface area contributed by atoms with Gasteiger partial charge in [-0.05, 0) is 85.5 Å². The van der Waals surface area contributed by atoms with Gasteiger partial charge in [-0.25, -0.2) is 19.2 Å². The average molecular weight is 1210 g/mol. The van der Waals surface area contributed by atoms with E-state index in [4.69, 9.17) is 18.9 Å². The molecule has 3 heterocycles. The molecule has 0 aliphatic carbocycles. The van der Waals surface area contributed by atoms with Crippen LogP contribution in [0.2, 0.25) is 0 Å². The number of rotatable bonds is 16.